The lowest BCUT2D eigenvalue weighted by atomic mass is 10.0. The largest absolute Gasteiger partial charge is 0.444 e. The molecule has 0 bridgehead atoms. The van der Waals surface area contributed by atoms with E-state index < -0.39 is 5.60 Å². The summed E-state index contributed by atoms with van der Waals surface area (Å²) in [5, 5.41) is 3.51. The van der Waals surface area contributed by atoms with Gasteiger partial charge in [-0.2, -0.15) is 0 Å². The zero-order valence-electron chi connectivity index (χ0n) is 13.9. The molecule has 23 heavy (non-hydrogen) atoms. The third-order valence-corrected chi connectivity index (χ3v) is 4.95. The first-order chi connectivity index (χ1) is 10.8. The number of halogens is 1. The molecule has 1 aliphatic carbocycles. The van der Waals surface area contributed by atoms with Crippen LogP contribution in [0, 0.1) is 11.8 Å². The van der Waals surface area contributed by atoms with Crippen LogP contribution in [0.5, 0.6) is 0 Å². The van der Waals surface area contributed by atoms with Gasteiger partial charge in [0.05, 0.1) is 0 Å². The molecule has 2 aliphatic rings. The Morgan fingerprint density at radius 2 is 1.96 bits per heavy atom. The number of ether oxygens (including phenoxy) is 1. The Morgan fingerprint density at radius 1 is 1.30 bits per heavy atom. The highest BCUT2D eigenvalue weighted by Gasteiger charge is 2.43. The number of pyridine rings is 1. The summed E-state index contributed by atoms with van der Waals surface area (Å²) < 4.78 is 6.46. The molecule has 6 heteroatoms. The molecule has 3 atom stereocenters. The lowest BCUT2D eigenvalue weighted by Crippen LogP contribution is -2.36. The zero-order chi connectivity index (χ0) is 16.6. The fraction of sp³-hybridized carbons (Fsp3) is 0.647. The van der Waals surface area contributed by atoms with E-state index >= 15 is 0 Å². The molecule has 0 spiro atoms. The van der Waals surface area contributed by atoms with Gasteiger partial charge in [0.2, 0.25) is 0 Å². The molecule has 0 radical (unpaired) electrons. The molecule has 1 aliphatic heterocycles. The van der Waals surface area contributed by atoms with Gasteiger partial charge in [0.1, 0.15) is 11.4 Å². The lowest BCUT2D eigenvalue weighted by molar-refractivity contribution is 0.0280. The number of hydrogen-bond donors (Lipinski definition) is 1. The first kappa shape index (κ1) is 16.6. The molecule has 1 saturated carbocycles. The van der Waals surface area contributed by atoms with Crippen molar-refractivity contribution in [3.05, 3.63) is 22.8 Å². The summed E-state index contributed by atoms with van der Waals surface area (Å²) >= 11 is 3.40. The molecule has 1 saturated heterocycles. The number of amides is 1. The van der Waals surface area contributed by atoms with Crippen LogP contribution in [0.4, 0.5) is 10.6 Å². The van der Waals surface area contributed by atoms with Crippen molar-refractivity contribution >= 4 is 27.8 Å². The van der Waals surface area contributed by atoms with Crippen molar-refractivity contribution in [1.82, 2.24) is 9.88 Å². The number of aromatic nitrogens is 1. The Labute approximate surface area is 145 Å². The second-order valence-electron chi connectivity index (χ2n) is 7.58. The van der Waals surface area contributed by atoms with Gasteiger partial charge in [0.15, 0.2) is 0 Å². The number of carbonyl (C=O) groups excluding carboxylic acids is 1. The SMILES string of the molecule is CC(C)(C)OC(=O)N1C[C@H]2C[C@H](Nc3ccc(Br)cn3)C[C@H]2C1. The van der Waals surface area contributed by atoms with E-state index in [0.717, 1.165) is 36.2 Å². The number of likely N-dealkylation sites (tertiary alicyclic amines) is 1. The first-order valence-corrected chi connectivity index (χ1v) is 8.95. The monoisotopic (exact) mass is 381 g/mol. The van der Waals surface area contributed by atoms with Crippen LogP contribution >= 0.6 is 15.9 Å². The van der Waals surface area contributed by atoms with E-state index in [1.165, 1.54) is 0 Å². The maximum Gasteiger partial charge on any atom is 0.410 e. The minimum absolute atomic E-state index is 0.175. The molecule has 2 fully saturated rings. The van der Waals surface area contributed by atoms with Crippen LogP contribution in [-0.2, 0) is 4.74 Å². The van der Waals surface area contributed by atoms with Crippen molar-refractivity contribution < 1.29 is 9.53 Å². The van der Waals surface area contributed by atoms with Crippen LogP contribution in [0.25, 0.3) is 0 Å². The number of hydrogen-bond acceptors (Lipinski definition) is 4. The molecular weight excluding hydrogens is 358 g/mol. The zero-order valence-corrected chi connectivity index (χ0v) is 15.5. The topological polar surface area (TPSA) is 54.5 Å². The Bertz CT molecular complexity index is 556. The highest BCUT2D eigenvalue weighted by molar-refractivity contribution is 9.10. The van der Waals surface area contributed by atoms with Crippen LogP contribution in [0.1, 0.15) is 33.6 Å². The van der Waals surface area contributed by atoms with Crippen LogP contribution in [-0.4, -0.2) is 40.7 Å². The molecule has 1 aromatic heterocycles. The van der Waals surface area contributed by atoms with Crippen LogP contribution in [0.15, 0.2) is 22.8 Å². The van der Waals surface area contributed by atoms with Gasteiger partial charge >= 0.3 is 6.09 Å². The van der Waals surface area contributed by atoms with Crippen molar-refractivity contribution in [2.75, 3.05) is 18.4 Å². The van der Waals surface area contributed by atoms with E-state index in [9.17, 15) is 4.79 Å². The van der Waals surface area contributed by atoms with E-state index in [2.05, 4.69) is 26.2 Å². The molecule has 2 heterocycles. The highest BCUT2D eigenvalue weighted by atomic mass is 79.9. The second kappa shape index (κ2) is 6.30. The number of carbonyl (C=O) groups is 1. The van der Waals surface area contributed by atoms with E-state index in [0.29, 0.717) is 17.9 Å². The Balaban J connectivity index is 1.51. The van der Waals surface area contributed by atoms with E-state index in [4.69, 9.17) is 4.74 Å². The Hall–Kier alpha value is -1.30. The quantitative estimate of drug-likeness (QED) is 0.843. The molecule has 126 valence electrons. The highest BCUT2D eigenvalue weighted by Crippen LogP contribution is 2.39. The third-order valence-electron chi connectivity index (χ3n) is 4.48. The summed E-state index contributed by atoms with van der Waals surface area (Å²) in [5.41, 5.74) is -0.424. The van der Waals surface area contributed by atoms with Gasteiger partial charge in [-0.3, -0.25) is 0 Å². The molecule has 5 nitrogen and oxygen atoms in total. The average molecular weight is 382 g/mol. The molecule has 1 aromatic rings. The fourth-order valence-corrected chi connectivity index (χ4v) is 3.80. The smallest absolute Gasteiger partial charge is 0.410 e. The van der Waals surface area contributed by atoms with E-state index in [1.54, 1.807) is 0 Å². The summed E-state index contributed by atoms with van der Waals surface area (Å²) in [4.78, 5) is 18.4. The third kappa shape index (κ3) is 4.16. The molecule has 1 amide bonds. The summed E-state index contributed by atoms with van der Waals surface area (Å²) in [6, 6.07) is 4.43. The minimum Gasteiger partial charge on any atom is -0.444 e. The summed E-state index contributed by atoms with van der Waals surface area (Å²) in [7, 11) is 0. The van der Waals surface area contributed by atoms with Crippen molar-refractivity contribution in [2.45, 2.75) is 45.3 Å². The average Bonchev–Trinajstić information content (AvgIpc) is 2.97. The molecular formula is C17H24BrN3O2. The van der Waals surface area contributed by atoms with Gasteiger partial charge < -0.3 is 15.0 Å². The number of anilines is 1. The van der Waals surface area contributed by atoms with E-state index in [-0.39, 0.29) is 6.09 Å². The van der Waals surface area contributed by atoms with Crippen LogP contribution < -0.4 is 5.32 Å². The Morgan fingerprint density at radius 3 is 2.48 bits per heavy atom. The summed E-state index contributed by atoms with van der Waals surface area (Å²) in [6.45, 7) is 7.35. The normalized spacial score (nSPS) is 27.0. The first-order valence-electron chi connectivity index (χ1n) is 8.16. The van der Waals surface area contributed by atoms with Gasteiger partial charge in [0, 0.05) is 29.8 Å². The van der Waals surface area contributed by atoms with Crippen LogP contribution in [0.2, 0.25) is 0 Å². The maximum atomic E-state index is 12.2. The maximum absolute atomic E-state index is 12.2. The van der Waals surface area contributed by atoms with E-state index in [1.807, 2.05) is 44.0 Å². The number of rotatable bonds is 2. The van der Waals surface area contributed by atoms with Crippen molar-refractivity contribution in [1.29, 1.82) is 0 Å². The number of fused-ring (bicyclic) bond motifs is 1. The van der Waals surface area contributed by atoms with Gasteiger partial charge in [-0.1, -0.05) is 0 Å². The van der Waals surface area contributed by atoms with Crippen LogP contribution in [0.3, 0.4) is 0 Å². The van der Waals surface area contributed by atoms with Crippen molar-refractivity contribution in [3.8, 4) is 0 Å². The summed E-state index contributed by atoms with van der Waals surface area (Å²) in [5.74, 6) is 2.05. The molecule has 0 unspecified atom stereocenters. The molecule has 0 aromatic carbocycles. The van der Waals surface area contributed by atoms with Crippen molar-refractivity contribution in [3.63, 3.8) is 0 Å². The van der Waals surface area contributed by atoms with Gasteiger partial charge in [-0.25, -0.2) is 9.78 Å². The molecule has 1 N–H and O–H groups in total. The number of nitrogens with one attached hydrogen (secondary N) is 1. The van der Waals surface area contributed by atoms with Crippen molar-refractivity contribution in [2.24, 2.45) is 11.8 Å². The Kier molecular flexibility index (Phi) is 4.54. The van der Waals surface area contributed by atoms with Gasteiger partial charge in [-0.05, 0) is 73.5 Å². The van der Waals surface area contributed by atoms with Gasteiger partial charge in [0.25, 0.3) is 0 Å². The molecule has 3 rings (SSSR count). The fourth-order valence-electron chi connectivity index (χ4n) is 3.56. The lowest BCUT2D eigenvalue weighted by Gasteiger charge is -2.25. The number of nitrogens with zero attached hydrogens (tertiary/aromatic N) is 2. The predicted molar refractivity (Wildman–Crippen MR) is 93.4 cm³/mol. The summed E-state index contributed by atoms with van der Waals surface area (Å²) in [6.07, 6.45) is 3.80. The minimum atomic E-state index is -0.424. The standard InChI is InChI=1S/C17H24BrN3O2/c1-17(2,3)23-16(22)21-9-11-6-14(7-12(11)10-21)20-15-5-4-13(18)8-19-15/h4-5,8,11-12,14H,6-7,9-10H2,1-3H3,(H,19,20)/t11-,12+,14+. The predicted octanol–water partition coefficient (Wildman–Crippen LogP) is 3.90. The van der Waals surface area contributed by atoms with Gasteiger partial charge in [-0.15, -0.1) is 0 Å². The second-order valence-corrected chi connectivity index (χ2v) is 8.50.